The zero-order valence-electron chi connectivity index (χ0n) is 13.9. The van der Waals surface area contributed by atoms with Crippen molar-refractivity contribution in [2.45, 2.75) is 33.2 Å². The van der Waals surface area contributed by atoms with Gasteiger partial charge in [0, 0.05) is 10.9 Å². The van der Waals surface area contributed by atoms with Crippen LogP contribution in [0, 0.1) is 12.8 Å². The summed E-state index contributed by atoms with van der Waals surface area (Å²) in [6.07, 6.45) is 0.649. The molecule has 1 amide bonds. The van der Waals surface area contributed by atoms with Crippen LogP contribution in [0.4, 0.5) is 5.13 Å². The number of hydrogen-bond acceptors (Lipinski definition) is 5. The summed E-state index contributed by atoms with van der Waals surface area (Å²) in [6.45, 7) is 6.10. The van der Waals surface area contributed by atoms with Crippen LogP contribution in [0.1, 0.15) is 25.8 Å². The molecule has 1 atom stereocenters. The molecule has 5 nitrogen and oxygen atoms in total. The molecule has 0 aliphatic rings. The van der Waals surface area contributed by atoms with Crippen LogP contribution in [0.5, 0.6) is 5.75 Å². The van der Waals surface area contributed by atoms with E-state index in [1.807, 2.05) is 44.4 Å². The highest BCUT2D eigenvalue weighted by atomic mass is 32.1. The van der Waals surface area contributed by atoms with Gasteiger partial charge < -0.3 is 15.8 Å². The minimum absolute atomic E-state index is 0.198. The number of anilines is 1. The topological polar surface area (TPSA) is 77.2 Å². The Labute approximate surface area is 140 Å². The summed E-state index contributed by atoms with van der Waals surface area (Å²) in [5.74, 6) is 0.935. The van der Waals surface area contributed by atoms with Crippen LogP contribution in [-0.2, 0) is 4.79 Å². The Morgan fingerprint density at radius 2 is 2.17 bits per heavy atom. The predicted octanol–water partition coefficient (Wildman–Crippen LogP) is 3.44. The van der Waals surface area contributed by atoms with Crippen LogP contribution < -0.4 is 15.8 Å². The van der Waals surface area contributed by atoms with E-state index in [2.05, 4.69) is 10.3 Å². The number of ether oxygens (including phenoxy) is 1. The highest BCUT2D eigenvalue weighted by Crippen LogP contribution is 2.33. The number of carbonyl (C=O) groups excluding carboxylic acids is 1. The van der Waals surface area contributed by atoms with Crippen molar-refractivity contribution in [3.8, 4) is 17.0 Å². The number of thiazole rings is 1. The average Bonchev–Trinajstić information content (AvgIpc) is 2.94. The second kappa shape index (κ2) is 7.57. The van der Waals surface area contributed by atoms with Gasteiger partial charge in [0.15, 0.2) is 5.13 Å². The van der Waals surface area contributed by atoms with Crippen molar-refractivity contribution in [1.29, 1.82) is 0 Å². The summed E-state index contributed by atoms with van der Waals surface area (Å²) in [4.78, 5) is 16.6. The van der Waals surface area contributed by atoms with Gasteiger partial charge >= 0.3 is 0 Å². The summed E-state index contributed by atoms with van der Waals surface area (Å²) in [6, 6.07) is 5.41. The molecular formula is C17H23N3O2S. The zero-order valence-corrected chi connectivity index (χ0v) is 14.7. The zero-order chi connectivity index (χ0) is 17.0. The Bertz CT molecular complexity index is 682. The first kappa shape index (κ1) is 17.4. The third kappa shape index (κ3) is 4.53. The molecule has 0 fully saturated rings. The molecular weight excluding hydrogens is 310 g/mol. The number of carbonyl (C=O) groups is 1. The lowest BCUT2D eigenvalue weighted by Crippen LogP contribution is -2.36. The van der Waals surface area contributed by atoms with Gasteiger partial charge in [-0.1, -0.05) is 25.5 Å². The number of nitrogens with two attached hydrogens (primary N) is 1. The first-order valence-corrected chi connectivity index (χ1v) is 8.45. The van der Waals surface area contributed by atoms with Crippen molar-refractivity contribution >= 4 is 22.4 Å². The molecule has 124 valence electrons. The maximum Gasteiger partial charge on any atom is 0.243 e. The lowest BCUT2D eigenvalue weighted by Gasteiger charge is -2.12. The monoisotopic (exact) mass is 333 g/mol. The van der Waals surface area contributed by atoms with Gasteiger partial charge in [-0.2, -0.15) is 0 Å². The molecule has 0 aliphatic carbocycles. The number of nitrogens with one attached hydrogen (secondary N) is 1. The Morgan fingerprint density at radius 3 is 2.83 bits per heavy atom. The molecule has 0 saturated carbocycles. The lowest BCUT2D eigenvalue weighted by molar-refractivity contribution is -0.117. The maximum atomic E-state index is 12.1. The van der Waals surface area contributed by atoms with Gasteiger partial charge in [0.2, 0.25) is 5.91 Å². The summed E-state index contributed by atoms with van der Waals surface area (Å²) < 4.78 is 5.38. The number of hydrogen-bond donors (Lipinski definition) is 2. The van der Waals surface area contributed by atoms with Crippen LogP contribution in [0.25, 0.3) is 11.3 Å². The lowest BCUT2D eigenvalue weighted by atomic mass is 10.0. The van der Waals surface area contributed by atoms with Crippen molar-refractivity contribution in [2.24, 2.45) is 11.7 Å². The molecule has 23 heavy (non-hydrogen) atoms. The number of nitrogens with zero attached hydrogens (tertiary/aromatic N) is 1. The van der Waals surface area contributed by atoms with Gasteiger partial charge in [0.25, 0.3) is 0 Å². The third-order valence-electron chi connectivity index (χ3n) is 3.43. The molecule has 1 aromatic carbocycles. The molecule has 0 saturated heterocycles. The quantitative estimate of drug-likeness (QED) is 0.849. The van der Waals surface area contributed by atoms with Crippen molar-refractivity contribution in [3.05, 3.63) is 29.1 Å². The molecule has 1 aromatic heterocycles. The van der Waals surface area contributed by atoms with E-state index in [-0.39, 0.29) is 5.91 Å². The van der Waals surface area contributed by atoms with Crippen molar-refractivity contribution in [1.82, 2.24) is 4.98 Å². The molecule has 1 heterocycles. The van der Waals surface area contributed by atoms with Crippen LogP contribution in [-0.4, -0.2) is 24.0 Å². The Balaban J connectivity index is 2.15. The minimum atomic E-state index is -0.518. The van der Waals surface area contributed by atoms with Crippen LogP contribution in [0.3, 0.4) is 0 Å². The van der Waals surface area contributed by atoms with E-state index in [1.54, 1.807) is 7.11 Å². The highest BCUT2D eigenvalue weighted by molar-refractivity contribution is 7.14. The van der Waals surface area contributed by atoms with Gasteiger partial charge in [-0.25, -0.2) is 4.98 Å². The van der Waals surface area contributed by atoms with Gasteiger partial charge in [-0.3, -0.25) is 4.79 Å². The number of benzene rings is 1. The van der Waals surface area contributed by atoms with E-state index in [0.717, 1.165) is 22.6 Å². The van der Waals surface area contributed by atoms with E-state index < -0.39 is 6.04 Å². The van der Waals surface area contributed by atoms with E-state index in [9.17, 15) is 4.79 Å². The Kier molecular flexibility index (Phi) is 5.74. The fourth-order valence-corrected chi connectivity index (χ4v) is 3.00. The molecule has 2 aromatic rings. The third-order valence-corrected chi connectivity index (χ3v) is 4.19. The van der Waals surface area contributed by atoms with Gasteiger partial charge in [0.1, 0.15) is 5.75 Å². The normalized spacial score (nSPS) is 12.3. The number of aryl methyl sites for hydroxylation is 1. The molecule has 0 spiro atoms. The number of amides is 1. The smallest absolute Gasteiger partial charge is 0.243 e. The summed E-state index contributed by atoms with van der Waals surface area (Å²) in [5, 5.41) is 5.24. The largest absolute Gasteiger partial charge is 0.496 e. The van der Waals surface area contributed by atoms with E-state index in [4.69, 9.17) is 10.5 Å². The summed E-state index contributed by atoms with van der Waals surface area (Å²) >= 11 is 1.38. The molecule has 0 radical (unpaired) electrons. The van der Waals surface area contributed by atoms with Crippen molar-refractivity contribution in [3.63, 3.8) is 0 Å². The number of aromatic nitrogens is 1. The summed E-state index contributed by atoms with van der Waals surface area (Å²) in [5.41, 5.74) is 8.71. The SMILES string of the molecule is COc1ccc(C)cc1-c1csc(NC(=O)[C@@H](N)CC(C)C)n1. The maximum absolute atomic E-state index is 12.1. The Morgan fingerprint density at radius 1 is 1.43 bits per heavy atom. The molecule has 6 heteroatoms. The summed E-state index contributed by atoms with van der Waals surface area (Å²) in [7, 11) is 1.63. The second-order valence-electron chi connectivity index (χ2n) is 5.97. The van der Waals surface area contributed by atoms with Crippen LogP contribution >= 0.6 is 11.3 Å². The number of rotatable bonds is 6. The minimum Gasteiger partial charge on any atom is -0.496 e. The van der Waals surface area contributed by atoms with E-state index in [0.29, 0.717) is 17.5 Å². The predicted molar refractivity (Wildman–Crippen MR) is 94.9 cm³/mol. The van der Waals surface area contributed by atoms with Crippen LogP contribution in [0.2, 0.25) is 0 Å². The average molecular weight is 333 g/mol. The second-order valence-corrected chi connectivity index (χ2v) is 6.83. The molecule has 3 N–H and O–H groups in total. The molecule has 0 aliphatic heterocycles. The standard InChI is InChI=1S/C17H23N3O2S/c1-10(2)7-13(18)16(21)20-17-19-14(9-23-17)12-8-11(3)5-6-15(12)22-4/h5-6,8-10,13H,7,18H2,1-4H3,(H,19,20,21)/t13-/m0/s1. The van der Waals surface area contributed by atoms with E-state index in [1.165, 1.54) is 11.3 Å². The first-order chi connectivity index (χ1) is 10.9. The van der Waals surface area contributed by atoms with Crippen molar-refractivity contribution < 1.29 is 9.53 Å². The molecule has 0 unspecified atom stereocenters. The molecule has 2 rings (SSSR count). The Hall–Kier alpha value is -1.92. The highest BCUT2D eigenvalue weighted by Gasteiger charge is 2.17. The van der Waals surface area contributed by atoms with Crippen molar-refractivity contribution in [2.75, 3.05) is 12.4 Å². The van der Waals surface area contributed by atoms with Gasteiger partial charge in [0.05, 0.1) is 18.8 Å². The fourth-order valence-electron chi connectivity index (χ4n) is 2.29. The first-order valence-electron chi connectivity index (χ1n) is 7.57. The fraction of sp³-hybridized carbons (Fsp3) is 0.412. The van der Waals surface area contributed by atoms with Gasteiger partial charge in [-0.15, -0.1) is 11.3 Å². The van der Waals surface area contributed by atoms with Crippen LogP contribution in [0.15, 0.2) is 23.6 Å². The molecule has 0 bridgehead atoms. The van der Waals surface area contributed by atoms with Gasteiger partial charge in [-0.05, 0) is 31.4 Å². The number of methoxy groups -OCH3 is 1. The van der Waals surface area contributed by atoms with E-state index >= 15 is 0 Å².